The van der Waals surface area contributed by atoms with E-state index in [2.05, 4.69) is 25.1 Å². The number of hydrogen-bond acceptors (Lipinski definition) is 2. The third-order valence-corrected chi connectivity index (χ3v) is 3.12. The van der Waals surface area contributed by atoms with Crippen molar-refractivity contribution in [2.24, 2.45) is 5.73 Å². The largest absolute Gasteiger partial charge is 0.497 e. The average molecular weight is 205 g/mol. The smallest absolute Gasteiger partial charge is 0.119 e. The van der Waals surface area contributed by atoms with Crippen molar-refractivity contribution in [2.75, 3.05) is 7.11 Å². The molecule has 1 aliphatic rings. The lowest BCUT2D eigenvalue weighted by molar-refractivity contribution is 0.413. The summed E-state index contributed by atoms with van der Waals surface area (Å²) in [6.45, 7) is 2.16. The fourth-order valence-corrected chi connectivity index (χ4v) is 1.90. The number of hydrogen-bond donors (Lipinski definition) is 1. The van der Waals surface area contributed by atoms with Crippen molar-refractivity contribution in [2.45, 2.75) is 38.1 Å². The van der Waals surface area contributed by atoms with Gasteiger partial charge >= 0.3 is 0 Å². The van der Waals surface area contributed by atoms with E-state index in [0.717, 1.165) is 31.4 Å². The third-order valence-electron chi connectivity index (χ3n) is 3.12. The molecule has 0 aliphatic heterocycles. The molecule has 2 heteroatoms. The van der Waals surface area contributed by atoms with E-state index < -0.39 is 0 Å². The molecule has 0 amide bonds. The number of benzene rings is 1. The molecule has 0 spiro atoms. The van der Waals surface area contributed by atoms with Crippen LogP contribution in [-0.2, 0) is 12.8 Å². The SMILES string of the molecule is CCc1cc(CC2(N)CC2)cc(OC)c1. The predicted molar refractivity (Wildman–Crippen MR) is 62.2 cm³/mol. The molecule has 82 valence electrons. The molecular formula is C13H19NO. The maximum absolute atomic E-state index is 6.12. The summed E-state index contributed by atoms with van der Waals surface area (Å²) in [5.74, 6) is 0.952. The summed E-state index contributed by atoms with van der Waals surface area (Å²) in [6, 6.07) is 6.45. The van der Waals surface area contributed by atoms with E-state index in [-0.39, 0.29) is 5.54 Å². The van der Waals surface area contributed by atoms with Crippen LogP contribution in [-0.4, -0.2) is 12.6 Å². The fourth-order valence-electron chi connectivity index (χ4n) is 1.90. The summed E-state index contributed by atoms with van der Waals surface area (Å²) in [5.41, 5.74) is 8.84. The minimum absolute atomic E-state index is 0.0807. The van der Waals surface area contributed by atoms with Gasteiger partial charge in [0.05, 0.1) is 7.11 Å². The number of aryl methyl sites for hydroxylation is 1. The first-order valence-corrected chi connectivity index (χ1v) is 5.61. The fraction of sp³-hybridized carbons (Fsp3) is 0.538. The van der Waals surface area contributed by atoms with Crippen LogP contribution in [0.5, 0.6) is 5.75 Å². The summed E-state index contributed by atoms with van der Waals surface area (Å²) in [4.78, 5) is 0. The molecule has 1 aliphatic carbocycles. The monoisotopic (exact) mass is 205 g/mol. The van der Waals surface area contributed by atoms with E-state index in [9.17, 15) is 0 Å². The second-order valence-corrected chi connectivity index (χ2v) is 4.58. The van der Waals surface area contributed by atoms with Crippen molar-refractivity contribution in [3.8, 4) is 5.75 Å². The Morgan fingerprint density at radius 1 is 1.27 bits per heavy atom. The normalized spacial score (nSPS) is 17.5. The quantitative estimate of drug-likeness (QED) is 0.818. The molecular weight excluding hydrogens is 186 g/mol. The van der Waals surface area contributed by atoms with Gasteiger partial charge in [-0.15, -0.1) is 0 Å². The molecule has 0 aromatic heterocycles. The second kappa shape index (κ2) is 3.86. The first-order chi connectivity index (χ1) is 7.15. The Bertz CT molecular complexity index is 333. The van der Waals surface area contributed by atoms with Gasteiger partial charge in [0, 0.05) is 5.54 Å². The molecule has 0 bridgehead atoms. The van der Waals surface area contributed by atoms with E-state index in [0.29, 0.717) is 0 Å². The highest BCUT2D eigenvalue weighted by molar-refractivity contribution is 5.36. The summed E-state index contributed by atoms with van der Waals surface area (Å²) in [7, 11) is 1.72. The Kier molecular flexibility index (Phi) is 2.70. The highest BCUT2D eigenvalue weighted by Gasteiger charge is 2.37. The van der Waals surface area contributed by atoms with Crippen molar-refractivity contribution >= 4 is 0 Å². The van der Waals surface area contributed by atoms with E-state index in [1.54, 1.807) is 7.11 Å². The van der Waals surface area contributed by atoms with Crippen molar-refractivity contribution in [3.05, 3.63) is 29.3 Å². The van der Waals surface area contributed by atoms with Crippen molar-refractivity contribution in [3.63, 3.8) is 0 Å². The van der Waals surface area contributed by atoms with Crippen molar-refractivity contribution in [1.29, 1.82) is 0 Å². The first kappa shape index (κ1) is 10.5. The van der Waals surface area contributed by atoms with Crippen LogP contribution >= 0.6 is 0 Å². The minimum atomic E-state index is 0.0807. The molecule has 1 aromatic rings. The molecule has 0 saturated heterocycles. The van der Waals surface area contributed by atoms with Gasteiger partial charge in [0.2, 0.25) is 0 Å². The average Bonchev–Trinajstić information content (AvgIpc) is 2.95. The van der Waals surface area contributed by atoms with Crippen LogP contribution in [0.25, 0.3) is 0 Å². The van der Waals surface area contributed by atoms with Crippen LogP contribution in [0.15, 0.2) is 18.2 Å². The number of nitrogens with two attached hydrogens (primary N) is 1. The maximum Gasteiger partial charge on any atom is 0.119 e. The van der Waals surface area contributed by atoms with Gasteiger partial charge in [-0.2, -0.15) is 0 Å². The molecule has 2 N–H and O–H groups in total. The van der Waals surface area contributed by atoms with Crippen molar-refractivity contribution in [1.82, 2.24) is 0 Å². The zero-order valence-electron chi connectivity index (χ0n) is 9.55. The summed E-state index contributed by atoms with van der Waals surface area (Å²) in [5, 5.41) is 0. The van der Waals surface area contributed by atoms with Crippen molar-refractivity contribution < 1.29 is 4.74 Å². The highest BCUT2D eigenvalue weighted by atomic mass is 16.5. The molecule has 0 atom stereocenters. The first-order valence-electron chi connectivity index (χ1n) is 5.61. The van der Waals surface area contributed by atoms with Gasteiger partial charge < -0.3 is 10.5 Å². The second-order valence-electron chi connectivity index (χ2n) is 4.58. The lowest BCUT2D eigenvalue weighted by Gasteiger charge is -2.11. The van der Waals surface area contributed by atoms with Gasteiger partial charge in [0.1, 0.15) is 5.75 Å². The molecule has 15 heavy (non-hydrogen) atoms. The van der Waals surface area contributed by atoms with Gasteiger partial charge in [-0.1, -0.05) is 13.0 Å². The van der Waals surface area contributed by atoms with Crippen LogP contribution in [0.1, 0.15) is 30.9 Å². The number of rotatable bonds is 4. The zero-order chi connectivity index (χ0) is 10.9. The lowest BCUT2D eigenvalue weighted by Crippen LogP contribution is -2.24. The summed E-state index contributed by atoms with van der Waals surface area (Å²) in [6.07, 6.45) is 4.34. The molecule has 2 rings (SSSR count). The molecule has 1 fully saturated rings. The van der Waals surface area contributed by atoms with E-state index in [1.165, 1.54) is 11.1 Å². The molecule has 1 aromatic carbocycles. The van der Waals surface area contributed by atoms with Gasteiger partial charge in [-0.3, -0.25) is 0 Å². The van der Waals surface area contributed by atoms with Crippen LogP contribution in [0, 0.1) is 0 Å². The van der Waals surface area contributed by atoms with E-state index in [1.807, 2.05) is 0 Å². The van der Waals surface area contributed by atoms with Crippen LogP contribution in [0.3, 0.4) is 0 Å². The standard InChI is InChI=1S/C13H19NO/c1-3-10-6-11(8-12(7-10)15-2)9-13(14)4-5-13/h6-8H,3-5,9,14H2,1-2H3. The van der Waals surface area contributed by atoms with Crippen LogP contribution < -0.4 is 10.5 Å². The maximum atomic E-state index is 6.12. The number of methoxy groups -OCH3 is 1. The Morgan fingerprint density at radius 3 is 2.47 bits per heavy atom. The van der Waals surface area contributed by atoms with Crippen LogP contribution in [0.2, 0.25) is 0 Å². The Hall–Kier alpha value is -1.02. The Balaban J connectivity index is 2.21. The van der Waals surface area contributed by atoms with Gasteiger partial charge in [0.25, 0.3) is 0 Å². The summed E-state index contributed by atoms with van der Waals surface area (Å²) >= 11 is 0. The third kappa shape index (κ3) is 2.51. The van der Waals surface area contributed by atoms with Gasteiger partial charge in [-0.05, 0) is 48.9 Å². The minimum Gasteiger partial charge on any atom is -0.497 e. The summed E-state index contributed by atoms with van der Waals surface area (Å²) < 4.78 is 5.29. The van der Waals surface area contributed by atoms with E-state index in [4.69, 9.17) is 10.5 Å². The zero-order valence-corrected chi connectivity index (χ0v) is 9.55. The molecule has 0 radical (unpaired) electrons. The van der Waals surface area contributed by atoms with Crippen LogP contribution in [0.4, 0.5) is 0 Å². The van der Waals surface area contributed by atoms with Gasteiger partial charge in [0.15, 0.2) is 0 Å². The van der Waals surface area contributed by atoms with Gasteiger partial charge in [-0.25, -0.2) is 0 Å². The predicted octanol–water partition coefficient (Wildman–Crippen LogP) is 2.29. The Morgan fingerprint density at radius 2 is 1.93 bits per heavy atom. The highest BCUT2D eigenvalue weighted by Crippen LogP contribution is 2.36. The lowest BCUT2D eigenvalue weighted by atomic mass is 10.0. The molecule has 2 nitrogen and oxygen atoms in total. The van der Waals surface area contributed by atoms with E-state index >= 15 is 0 Å². The molecule has 0 heterocycles. The molecule has 0 unspecified atom stereocenters. The Labute approximate surface area is 91.4 Å². The topological polar surface area (TPSA) is 35.2 Å². The number of ether oxygens (including phenoxy) is 1. The molecule has 1 saturated carbocycles.